The molecule has 2 rings (SSSR count). The highest BCUT2D eigenvalue weighted by Crippen LogP contribution is 2.35. The first-order valence-corrected chi connectivity index (χ1v) is 7.94. The lowest BCUT2D eigenvalue weighted by molar-refractivity contribution is -0.138. The minimum absolute atomic E-state index is 0.102. The van der Waals surface area contributed by atoms with Crippen molar-refractivity contribution >= 4 is 15.9 Å². The summed E-state index contributed by atoms with van der Waals surface area (Å²) in [6.45, 7) is 5.19. The summed E-state index contributed by atoms with van der Waals surface area (Å²) in [5, 5.41) is 3.24. The number of alkyl halides is 3. The largest absolute Gasteiger partial charge is 0.389 e. The first kappa shape index (κ1) is 16.8. The quantitative estimate of drug-likeness (QED) is 0.866. The third-order valence-corrected chi connectivity index (χ3v) is 4.50. The molecule has 2 nitrogen and oxygen atoms in total. The van der Waals surface area contributed by atoms with E-state index in [0.717, 1.165) is 41.8 Å². The number of nitrogens with one attached hydrogen (secondary N) is 1. The smallest absolute Gasteiger partial charge is 0.314 e. The SMILES string of the molecule is Cc1ccc([C@@H](CCC(F)(F)F)N2CCNCC2)c(Br)c1. The van der Waals surface area contributed by atoms with Crippen LogP contribution in [0.4, 0.5) is 13.2 Å². The topological polar surface area (TPSA) is 15.3 Å². The molecule has 6 heteroatoms. The van der Waals surface area contributed by atoms with Gasteiger partial charge < -0.3 is 5.32 Å². The van der Waals surface area contributed by atoms with Crippen LogP contribution < -0.4 is 5.32 Å². The Morgan fingerprint density at radius 1 is 1.29 bits per heavy atom. The third kappa shape index (κ3) is 4.97. The number of halogens is 4. The second-order valence-electron chi connectivity index (χ2n) is 5.48. The molecule has 0 radical (unpaired) electrons. The number of benzene rings is 1. The summed E-state index contributed by atoms with van der Waals surface area (Å²) in [5.41, 5.74) is 2.05. The van der Waals surface area contributed by atoms with Gasteiger partial charge >= 0.3 is 6.18 Å². The van der Waals surface area contributed by atoms with Crippen LogP contribution >= 0.6 is 15.9 Å². The Bertz CT molecular complexity index is 470. The van der Waals surface area contributed by atoms with E-state index in [1.54, 1.807) is 0 Å². The van der Waals surface area contributed by atoms with Crippen LogP contribution in [0, 0.1) is 6.92 Å². The number of nitrogens with zero attached hydrogens (tertiary/aromatic N) is 1. The van der Waals surface area contributed by atoms with Gasteiger partial charge in [-0.15, -0.1) is 0 Å². The fourth-order valence-corrected chi connectivity index (χ4v) is 3.49. The lowest BCUT2D eigenvalue weighted by Crippen LogP contribution is -2.45. The Labute approximate surface area is 131 Å². The standard InChI is InChI=1S/C15H20BrF3N2/c1-11-2-3-12(13(16)10-11)14(4-5-15(17,18)19)21-8-6-20-7-9-21/h2-3,10,14,20H,4-9H2,1H3/t14-/m1/s1. The van der Waals surface area contributed by atoms with E-state index in [1.807, 2.05) is 25.1 Å². The molecule has 0 unspecified atom stereocenters. The van der Waals surface area contributed by atoms with Crippen molar-refractivity contribution in [2.45, 2.75) is 32.0 Å². The first-order valence-electron chi connectivity index (χ1n) is 7.14. The second-order valence-corrected chi connectivity index (χ2v) is 6.33. The number of hydrogen-bond acceptors (Lipinski definition) is 2. The van der Waals surface area contributed by atoms with Crippen LogP contribution in [0.25, 0.3) is 0 Å². The molecule has 0 amide bonds. The van der Waals surface area contributed by atoms with E-state index in [1.165, 1.54) is 0 Å². The second kappa shape index (κ2) is 7.11. The minimum Gasteiger partial charge on any atom is -0.314 e. The molecule has 1 atom stereocenters. The molecular weight excluding hydrogens is 345 g/mol. The van der Waals surface area contributed by atoms with Crippen LogP contribution in [-0.4, -0.2) is 37.3 Å². The van der Waals surface area contributed by atoms with Crippen molar-refractivity contribution in [1.82, 2.24) is 10.2 Å². The molecule has 1 fully saturated rings. The number of rotatable bonds is 4. The van der Waals surface area contributed by atoms with Gasteiger partial charge in [0.2, 0.25) is 0 Å². The normalized spacial score (nSPS) is 18.7. The summed E-state index contributed by atoms with van der Waals surface area (Å²) in [4.78, 5) is 2.15. The maximum absolute atomic E-state index is 12.6. The van der Waals surface area contributed by atoms with Crippen LogP contribution in [0.1, 0.15) is 30.0 Å². The van der Waals surface area contributed by atoms with Gasteiger partial charge in [-0.3, -0.25) is 4.90 Å². The van der Waals surface area contributed by atoms with Crippen molar-refractivity contribution in [2.24, 2.45) is 0 Å². The Balaban J connectivity index is 2.21. The van der Waals surface area contributed by atoms with Crippen molar-refractivity contribution in [2.75, 3.05) is 26.2 Å². The Morgan fingerprint density at radius 2 is 1.95 bits per heavy atom. The summed E-state index contributed by atoms with van der Waals surface area (Å²) < 4.78 is 38.8. The van der Waals surface area contributed by atoms with Gasteiger partial charge in [0.15, 0.2) is 0 Å². The molecule has 0 aromatic heterocycles. The van der Waals surface area contributed by atoms with Crippen molar-refractivity contribution in [1.29, 1.82) is 0 Å². The Hall–Kier alpha value is -0.590. The molecule has 0 saturated carbocycles. The van der Waals surface area contributed by atoms with Crippen LogP contribution in [0.2, 0.25) is 0 Å². The van der Waals surface area contributed by atoms with Gasteiger partial charge in [0.05, 0.1) is 0 Å². The van der Waals surface area contributed by atoms with E-state index in [4.69, 9.17) is 0 Å². The van der Waals surface area contributed by atoms with E-state index < -0.39 is 12.6 Å². The lowest BCUT2D eigenvalue weighted by atomic mass is 9.98. The average molecular weight is 365 g/mol. The fraction of sp³-hybridized carbons (Fsp3) is 0.600. The number of aryl methyl sites for hydroxylation is 1. The summed E-state index contributed by atoms with van der Waals surface area (Å²) in [7, 11) is 0. The van der Waals surface area contributed by atoms with Gasteiger partial charge in [0, 0.05) is 43.1 Å². The molecule has 0 aliphatic carbocycles. The molecule has 118 valence electrons. The first-order chi connectivity index (χ1) is 9.87. The summed E-state index contributed by atoms with van der Waals surface area (Å²) in [6, 6.07) is 5.69. The molecule has 1 N–H and O–H groups in total. The van der Waals surface area contributed by atoms with Gasteiger partial charge in [0.1, 0.15) is 0 Å². The summed E-state index contributed by atoms with van der Waals surface area (Å²) in [6.07, 6.45) is -4.75. The van der Waals surface area contributed by atoms with Gasteiger partial charge in [0.25, 0.3) is 0 Å². The van der Waals surface area contributed by atoms with E-state index in [9.17, 15) is 13.2 Å². The van der Waals surface area contributed by atoms with Crippen LogP contribution in [0.5, 0.6) is 0 Å². The van der Waals surface area contributed by atoms with E-state index in [0.29, 0.717) is 0 Å². The van der Waals surface area contributed by atoms with Crippen molar-refractivity contribution in [3.63, 3.8) is 0 Å². The van der Waals surface area contributed by atoms with Crippen LogP contribution in [-0.2, 0) is 0 Å². The Morgan fingerprint density at radius 3 is 2.52 bits per heavy atom. The molecule has 1 aliphatic rings. The zero-order valence-corrected chi connectivity index (χ0v) is 13.6. The maximum atomic E-state index is 12.6. The molecule has 1 aromatic carbocycles. The van der Waals surface area contributed by atoms with Crippen LogP contribution in [0.3, 0.4) is 0 Å². The van der Waals surface area contributed by atoms with Gasteiger partial charge in [-0.05, 0) is 30.5 Å². The number of piperazine rings is 1. The van der Waals surface area contributed by atoms with E-state index >= 15 is 0 Å². The fourth-order valence-electron chi connectivity index (χ4n) is 2.73. The molecule has 1 aliphatic heterocycles. The molecule has 0 spiro atoms. The van der Waals surface area contributed by atoms with Crippen molar-refractivity contribution in [3.8, 4) is 0 Å². The summed E-state index contributed by atoms with van der Waals surface area (Å²) >= 11 is 3.51. The van der Waals surface area contributed by atoms with Gasteiger partial charge in [-0.25, -0.2) is 0 Å². The van der Waals surface area contributed by atoms with Crippen LogP contribution in [0.15, 0.2) is 22.7 Å². The zero-order valence-electron chi connectivity index (χ0n) is 12.0. The van der Waals surface area contributed by atoms with Gasteiger partial charge in [-0.1, -0.05) is 28.1 Å². The van der Waals surface area contributed by atoms with E-state index in [2.05, 4.69) is 26.1 Å². The molecule has 1 saturated heterocycles. The van der Waals surface area contributed by atoms with E-state index in [-0.39, 0.29) is 12.5 Å². The molecule has 21 heavy (non-hydrogen) atoms. The van der Waals surface area contributed by atoms with Crippen molar-refractivity contribution < 1.29 is 13.2 Å². The zero-order chi connectivity index (χ0) is 15.5. The molecular formula is C15H20BrF3N2. The predicted molar refractivity (Wildman–Crippen MR) is 81.4 cm³/mol. The lowest BCUT2D eigenvalue weighted by Gasteiger charge is -2.36. The highest BCUT2D eigenvalue weighted by Gasteiger charge is 2.31. The molecule has 1 heterocycles. The average Bonchev–Trinajstić information content (AvgIpc) is 2.41. The molecule has 0 bridgehead atoms. The molecule has 1 aromatic rings. The number of hydrogen-bond donors (Lipinski definition) is 1. The third-order valence-electron chi connectivity index (χ3n) is 3.81. The minimum atomic E-state index is -4.11. The van der Waals surface area contributed by atoms with Gasteiger partial charge in [-0.2, -0.15) is 13.2 Å². The van der Waals surface area contributed by atoms with Crippen molar-refractivity contribution in [3.05, 3.63) is 33.8 Å². The predicted octanol–water partition coefficient (Wildman–Crippen LogP) is 4.05. The maximum Gasteiger partial charge on any atom is 0.389 e. The highest BCUT2D eigenvalue weighted by molar-refractivity contribution is 9.10. The summed E-state index contributed by atoms with van der Waals surface area (Å²) in [5.74, 6) is 0. The highest BCUT2D eigenvalue weighted by atomic mass is 79.9. The monoisotopic (exact) mass is 364 g/mol. The Kier molecular flexibility index (Phi) is 5.68.